The second-order valence-electron chi connectivity index (χ2n) is 5.77. The number of benzene rings is 2. The van der Waals surface area contributed by atoms with Crippen LogP contribution in [0.15, 0.2) is 42.5 Å². The summed E-state index contributed by atoms with van der Waals surface area (Å²) in [6.07, 6.45) is -0.645. The van der Waals surface area contributed by atoms with Gasteiger partial charge in [0.25, 0.3) is 5.91 Å². The molecule has 0 spiro atoms. The van der Waals surface area contributed by atoms with E-state index in [0.29, 0.717) is 28.6 Å². The van der Waals surface area contributed by atoms with Crippen LogP contribution in [0.2, 0.25) is 0 Å². The summed E-state index contributed by atoms with van der Waals surface area (Å²) < 4.78 is 16.0. The molecule has 7 nitrogen and oxygen atoms in total. The number of ether oxygens (including phenoxy) is 3. The number of rotatable bonds is 5. The highest BCUT2D eigenvalue weighted by Gasteiger charge is 2.32. The minimum atomic E-state index is -0.645. The molecule has 0 aliphatic carbocycles. The number of methoxy groups -OCH3 is 2. The van der Waals surface area contributed by atoms with Crippen molar-refractivity contribution in [2.24, 2.45) is 0 Å². The summed E-state index contributed by atoms with van der Waals surface area (Å²) in [5, 5.41) is 2.77. The van der Waals surface area contributed by atoms with Crippen LogP contribution >= 0.6 is 0 Å². The van der Waals surface area contributed by atoms with Crippen LogP contribution in [-0.4, -0.2) is 38.7 Å². The van der Waals surface area contributed by atoms with Crippen molar-refractivity contribution >= 4 is 23.2 Å². The zero-order valence-electron chi connectivity index (χ0n) is 14.8. The van der Waals surface area contributed by atoms with E-state index >= 15 is 0 Å². The van der Waals surface area contributed by atoms with E-state index in [1.165, 1.54) is 12.0 Å². The minimum absolute atomic E-state index is 0.126. The van der Waals surface area contributed by atoms with Crippen molar-refractivity contribution in [3.63, 3.8) is 0 Å². The van der Waals surface area contributed by atoms with Crippen LogP contribution in [0.4, 0.5) is 11.4 Å². The Morgan fingerprint density at radius 3 is 2.69 bits per heavy atom. The van der Waals surface area contributed by atoms with E-state index in [9.17, 15) is 9.59 Å². The molecule has 2 aromatic rings. The number of nitrogens with one attached hydrogen (secondary N) is 1. The number of anilines is 2. The quantitative estimate of drug-likeness (QED) is 0.890. The van der Waals surface area contributed by atoms with E-state index in [2.05, 4.69) is 5.32 Å². The van der Waals surface area contributed by atoms with E-state index in [0.717, 1.165) is 0 Å². The lowest BCUT2D eigenvalue weighted by Gasteiger charge is -2.32. The van der Waals surface area contributed by atoms with E-state index in [1.807, 2.05) is 6.07 Å². The third-order valence-electron chi connectivity index (χ3n) is 4.06. The molecule has 26 heavy (non-hydrogen) atoms. The fraction of sp³-hybridized carbons (Fsp3) is 0.263. The molecule has 0 saturated carbocycles. The van der Waals surface area contributed by atoms with Crippen molar-refractivity contribution in [2.45, 2.75) is 13.0 Å². The van der Waals surface area contributed by atoms with Crippen LogP contribution in [0.25, 0.3) is 0 Å². The Bertz CT molecular complexity index is 836. The van der Waals surface area contributed by atoms with Gasteiger partial charge in [-0.15, -0.1) is 0 Å². The van der Waals surface area contributed by atoms with Gasteiger partial charge in [-0.1, -0.05) is 12.1 Å². The highest BCUT2D eigenvalue weighted by Crippen LogP contribution is 2.34. The number of carbonyl (C=O) groups is 2. The normalized spacial score (nSPS) is 15.7. The Hall–Kier alpha value is -3.22. The summed E-state index contributed by atoms with van der Waals surface area (Å²) in [7, 11) is 3.06. The SMILES string of the molecule is COc1ccc(NC(=O)CN2C(=O)[C@H](C)Oc3ccccc32)c(OC)c1. The van der Waals surface area contributed by atoms with Gasteiger partial charge in [-0.2, -0.15) is 0 Å². The molecule has 2 amide bonds. The van der Waals surface area contributed by atoms with Crippen LogP contribution < -0.4 is 24.4 Å². The van der Waals surface area contributed by atoms with Gasteiger partial charge in [0.1, 0.15) is 23.8 Å². The number of hydrogen-bond acceptors (Lipinski definition) is 5. The summed E-state index contributed by atoms with van der Waals surface area (Å²) in [5.41, 5.74) is 1.08. The van der Waals surface area contributed by atoms with Crippen molar-refractivity contribution in [3.8, 4) is 17.2 Å². The first-order valence-corrected chi connectivity index (χ1v) is 8.12. The summed E-state index contributed by atoms with van der Waals surface area (Å²) in [5.74, 6) is 1.06. The Labute approximate surface area is 151 Å². The fourth-order valence-corrected chi connectivity index (χ4v) is 2.76. The van der Waals surface area contributed by atoms with Gasteiger partial charge in [0.2, 0.25) is 5.91 Å². The number of nitrogens with zero attached hydrogens (tertiary/aromatic N) is 1. The topological polar surface area (TPSA) is 77.1 Å². The Balaban J connectivity index is 1.79. The number of carbonyl (C=O) groups excluding carboxylic acids is 2. The summed E-state index contributed by atoms with van der Waals surface area (Å²) in [6.45, 7) is 1.54. The molecule has 0 unspecified atom stereocenters. The molecule has 136 valence electrons. The lowest BCUT2D eigenvalue weighted by Crippen LogP contribution is -2.47. The predicted molar refractivity (Wildman–Crippen MR) is 97.1 cm³/mol. The maximum absolute atomic E-state index is 12.5. The summed E-state index contributed by atoms with van der Waals surface area (Å²) in [4.78, 5) is 26.4. The molecule has 1 heterocycles. The van der Waals surface area contributed by atoms with Crippen LogP contribution in [0, 0.1) is 0 Å². The van der Waals surface area contributed by atoms with Crippen molar-refractivity contribution < 1.29 is 23.8 Å². The molecule has 1 N–H and O–H groups in total. The van der Waals surface area contributed by atoms with Gasteiger partial charge in [0, 0.05) is 6.07 Å². The molecule has 7 heteroatoms. The Kier molecular flexibility index (Phi) is 4.97. The molecule has 1 aliphatic heterocycles. The van der Waals surface area contributed by atoms with E-state index < -0.39 is 6.10 Å². The number of fused-ring (bicyclic) bond motifs is 1. The van der Waals surface area contributed by atoms with Crippen molar-refractivity contribution in [2.75, 3.05) is 31.0 Å². The molecule has 0 bridgehead atoms. The highest BCUT2D eigenvalue weighted by molar-refractivity contribution is 6.06. The monoisotopic (exact) mass is 356 g/mol. The lowest BCUT2D eigenvalue weighted by atomic mass is 10.2. The third-order valence-corrected chi connectivity index (χ3v) is 4.06. The van der Waals surface area contributed by atoms with E-state index in [-0.39, 0.29) is 18.4 Å². The predicted octanol–water partition coefficient (Wildman–Crippen LogP) is 2.46. The zero-order chi connectivity index (χ0) is 18.7. The first kappa shape index (κ1) is 17.6. The van der Waals surface area contributed by atoms with Gasteiger partial charge in [-0.25, -0.2) is 0 Å². The Morgan fingerprint density at radius 2 is 1.96 bits per heavy atom. The van der Waals surface area contributed by atoms with Gasteiger partial charge in [0.05, 0.1) is 25.6 Å². The lowest BCUT2D eigenvalue weighted by molar-refractivity contribution is -0.127. The van der Waals surface area contributed by atoms with Gasteiger partial charge in [-0.05, 0) is 31.2 Å². The summed E-state index contributed by atoms with van der Waals surface area (Å²) in [6, 6.07) is 12.2. The maximum Gasteiger partial charge on any atom is 0.268 e. The van der Waals surface area contributed by atoms with Crippen LogP contribution in [-0.2, 0) is 9.59 Å². The number of para-hydroxylation sites is 2. The Morgan fingerprint density at radius 1 is 1.19 bits per heavy atom. The van der Waals surface area contributed by atoms with Crippen molar-refractivity contribution in [1.82, 2.24) is 0 Å². The molecular formula is C19H20N2O5. The summed E-state index contributed by atoms with van der Waals surface area (Å²) >= 11 is 0. The molecule has 2 aromatic carbocycles. The molecule has 0 saturated heterocycles. The molecular weight excluding hydrogens is 336 g/mol. The standard InChI is InChI=1S/C19H20N2O5/c1-12-19(23)21(15-6-4-5-7-16(15)26-12)11-18(22)20-14-9-8-13(24-2)10-17(14)25-3/h4-10,12H,11H2,1-3H3,(H,20,22)/t12-/m0/s1. The minimum Gasteiger partial charge on any atom is -0.497 e. The average Bonchev–Trinajstić information content (AvgIpc) is 2.65. The van der Waals surface area contributed by atoms with E-state index in [4.69, 9.17) is 14.2 Å². The number of amides is 2. The molecule has 1 atom stereocenters. The zero-order valence-corrected chi connectivity index (χ0v) is 14.8. The van der Waals surface area contributed by atoms with Crippen LogP contribution in [0.3, 0.4) is 0 Å². The molecule has 1 aliphatic rings. The van der Waals surface area contributed by atoms with Gasteiger partial charge in [0.15, 0.2) is 6.10 Å². The van der Waals surface area contributed by atoms with Crippen molar-refractivity contribution in [3.05, 3.63) is 42.5 Å². The first-order chi connectivity index (χ1) is 12.5. The molecule has 0 radical (unpaired) electrons. The van der Waals surface area contributed by atoms with Crippen molar-refractivity contribution in [1.29, 1.82) is 0 Å². The highest BCUT2D eigenvalue weighted by atomic mass is 16.5. The van der Waals surface area contributed by atoms with E-state index in [1.54, 1.807) is 50.4 Å². The fourth-order valence-electron chi connectivity index (χ4n) is 2.76. The maximum atomic E-state index is 12.5. The second kappa shape index (κ2) is 7.35. The van der Waals surface area contributed by atoms with Crippen LogP contribution in [0.1, 0.15) is 6.92 Å². The third kappa shape index (κ3) is 3.42. The average molecular weight is 356 g/mol. The van der Waals surface area contributed by atoms with Gasteiger partial charge < -0.3 is 19.5 Å². The smallest absolute Gasteiger partial charge is 0.268 e. The second-order valence-corrected chi connectivity index (χ2v) is 5.77. The molecule has 0 fully saturated rings. The molecule has 0 aromatic heterocycles. The van der Waals surface area contributed by atoms with Gasteiger partial charge in [-0.3, -0.25) is 14.5 Å². The van der Waals surface area contributed by atoms with Gasteiger partial charge >= 0.3 is 0 Å². The van der Waals surface area contributed by atoms with Crippen LogP contribution in [0.5, 0.6) is 17.2 Å². The molecule has 3 rings (SSSR count). The largest absolute Gasteiger partial charge is 0.497 e. The number of hydrogen-bond donors (Lipinski definition) is 1. The first-order valence-electron chi connectivity index (χ1n) is 8.12.